The molecule has 0 aromatic heterocycles. The largest absolute Gasteiger partial charge is 0.497 e. The van der Waals surface area contributed by atoms with Gasteiger partial charge in [0.25, 0.3) is 0 Å². The Morgan fingerprint density at radius 1 is 0.615 bits per heavy atom. The molecule has 0 N–H and O–H groups in total. The van der Waals surface area contributed by atoms with Gasteiger partial charge in [-0.3, -0.25) is 4.79 Å². The number of rotatable bonds is 5. The molecule has 0 saturated carbocycles. The third kappa shape index (κ3) is 9.67. The van der Waals surface area contributed by atoms with Gasteiger partial charge in [0.1, 0.15) is 17.8 Å². The lowest BCUT2D eigenvalue weighted by molar-refractivity contribution is 0.112. The second-order valence-electron chi connectivity index (χ2n) is 4.26. The monoisotopic (exact) mass is 358 g/mol. The van der Waals surface area contributed by atoms with Crippen molar-refractivity contribution in [3.05, 3.63) is 59.2 Å². The number of methoxy groups -OCH3 is 2. The van der Waals surface area contributed by atoms with E-state index < -0.39 is 0 Å². The number of ether oxygens (including phenoxy) is 2. The zero-order valence-electron chi connectivity index (χ0n) is 17.5. The first-order valence-corrected chi connectivity index (χ1v) is 9.21. The maximum absolute atomic E-state index is 10.6. The van der Waals surface area contributed by atoms with E-state index in [4.69, 9.17) is 9.47 Å². The van der Waals surface area contributed by atoms with Crippen molar-refractivity contribution in [3.8, 4) is 11.5 Å². The Kier molecular flexibility index (Phi) is 17.1. The minimum absolute atomic E-state index is 0.671. The fraction of sp³-hybridized carbons (Fsp3) is 0.348. The number of aldehydes is 1. The van der Waals surface area contributed by atoms with E-state index in [0.29, 0.717) is 5.56 Å². The van der Waals surface area contributed by atoms with Gasteiger partial charge in [0, 0.05) is 11.6 Å². The Morgan fingerprint density at radius 3 is 1.38 bits per heavy atom. The zero-order chi connectivity index (χ0) is 20.4. The van der Waals surface area contributed by atoms with Crippen LogP contribution in [0.5, 0.6) is 11.5 Å². The van der Waals surface area contributed by atoms with Crippen molar-refractivity contribution in [1.82, 2.24) is 0 Å². The summed E-state index contributed by atoms with van der Waals surface area (Å²) in [5.41, 5.74) is 2.68. The standard InChI is InChI=1S/C17H16O3.3C2H6/c1-19-16-9-15(10-17(11-16)20-2)8-5-13-3-6-14(12-18)7-4-13;3*1-2/h3-12H,1-2H3;3*1-2H3/b8-5+;;;. The van der Waals surface area contributed by atoms with Crippen LogP contribution in [-0.4, -0.2) is 20.5 Å². The van der Waals surface area contributed by atoms with Crippen LogP contribution in [0.3, 0.4) is 0 Å². The molecule has 0 aliphatic rings. The second-order valence-corrected chi connectivity index (χ2v) is 4.26. The van der Waals surface area contributed by atoms with Gasteiger partial charge in [0.15, 0.2) is 0 Å². The van der Waals surface area contributed by atoms with Crippen LogP contribution in [0.1, 0.15) is 63.0 Å². The van der Waals surface area contributed by atoms with Gasteiger partial charge in [0.2, 0.25) is 0 Å². The molecule has 0 unspecified atom stereocenters. The number of carbonyl (C=O) groups excluding carboxylic acids is 1. The predicted molar refractivity (Wildman–Crippen MR) is 114 cm³/mol. The predicted octanol–water partition coefficient (Wildman–Crippen LogP) is 6.77. The number of hydrogen-bond donors (Lipinski definition) is 0. The van der Waals surface area contributed by atoms with Crippen molar-refractivity contribution >= 4 is 18.4 Å². The normalized spacial score (nSPS) is 8.77. The van der Waals surface area contributed by atoms with Crippen LogP contribution < -0.4 is 9.47 Å². The summed E-state index contributed by atoms with van der Waals surface area (Å²) in [4.78, 5) is 10.6. The van der Waals surface area contributed by atoms with Crippen LogP contribution in [0.4, 0.5) is 0 Å². The SMILES string of the molecule is CC.CC.CC.COc1cc(/C=C/c2ccc(C=O)cc2)cc(OC)c1. The van der Waals surface area contributed by atoms with Gasteiger partial charge >= 0.3 is 0 Å². The van der Waals surface area contributed by atoms with Crippen molar-refractivity contribution in [3.63, 3.8) is 0 Å². The summed E-state index contributed by atoms with van der Waals surface area (Å²) in [6, 6.07) is 13.1. The van der Waals surface area contributed by atoms with Gasteiger partial charge in [-0.1, -0.05) is 78.0 Å². The summed E-state index contributed by atoms with van der Waals surface area (Å²) >= 11 is 0. The topological polar surface area (TPSA) is 35.5 Å². The Balaban J connectivity index is 0. The van der Waals surface area contributed by atoms with E-state index in [0.717, 1.165) is 28.9 Å². The Bertz CT molecular complexity index is 592. The highest BCUT2D eigenvalue weighted by atomic mass is 16.5. The van der Waals surface area contributed by atoms with Gasteiger partial charge in [0.05, 0.1) is 14.2 Å². The van der Waals surface area contributed by atoms with E-state index in [1.807, 2.05) is 84.0 Å². The molecular weight excluding hydrogens is 324 g/mol. The molecule has 26 heavy (non-hydrogen) atoms. The van der Waals surface area contributed by atoms with Gasteiger partial charge in [-0.2, -0.15) is 0 Å². The lowest BCUT2D eigenvalue weighted by atomic mass is 10.1. The minimum atomic E-state index is 0.671. The van der Waals surface area contributed by atoms with Crippen LogP contribution in [0.25, 0.3) is 12.2 Å². The van der Waals surface area contributed by atoms with Crippen LogP contribution in [0.15, 0.2) is 42.5 Å². The molecule has 2 rings (SSSR count). The third-order valence-electron chi connectivity index (χ3n) is 2.91. The summed E-state index contributed by atoms with van der Waals surface area (Å²) in [6.07, 6.45) is 4.78. The molecule has 144 valence electrons. The quantitative estimate of drug-likeness (QED) is 0.437. The van der Waals surface area contributed by atoms with E-state index >= 15 is 0 Å². The van der Waals surface area contributed by atoms with E-state index in [-0.39, 0.29) is 0 Å². The highest BCUT2D eigenvalue weighted by Gasteiger charge is 1.99. The molecule has 0 atom stereocenters. The molecule has 0 saturated heterocycles. The second kappa shape index (κ2) is 17.3. The molecule has 2 aromatic rings. The fourth-order valence-electron chi connectivity index (χ4n) is 1.80. The molecule has 0 aliphatic heterocycles. The molecule has 0 aliphatic carbocycles. The zero-order valence-corrected chi connectivity index (χ0v) is 17.5. The average molecular weight is 359 g/mol. The lowest BCUT2D eigenvalue weighted by Crippen LogP contribution is -1.88. The molecule has 2 aromatic carbocycles. The minimum Gasteiger partial charge on any atom is -0.497 e. The number of carbonyl (C=O) groups is 1. The molecule has 0 heterocycles. The van der Waals surface area contributed by atoms with Gasteiger partial charge in [-0.15, -0.1) is 0 Å². The fourth-order valence-corrected chi connectivity index (χ4v) is 1.80. The van der Waals surface area contributed by atoms with Crippen LogP contribution in [0.2, 0.25) is 0 Å². The van der Waals surface area contributed by atoms with Crippen LogP contribution in [0, 0.1) is 0 Å². The van der Waals surface area contributed by atoms with Crippen molar-refractivity contribution in [2.24, 2.45) is 0 Å². The van der Waals surface area contributed by atoms with Crippen molar-refractivity contribution < 1.29 is 14.3 Å². The van der Waals surface area contributed by atoms with Crippen LogP contribution in [-0.2, 0) is 0 Å². The first kappa shape index (κ1) is 25.7. The van der Waals surface area contributed by atoms with Crippen molar-refractivity contribution in [2.75, 3.05) is 14.2 Å². The first-order valence-electron chi connectivity index (χ1n) is 9.21. The van der Waals surface area contributed by atoms with Gasteiger partial charge in [-0.05, 0) is 23.3 Å². The van der Waals surface area contributed by atoms with Gasteiger partial charge < -0.3 is 9.47 Å². The summed E-state index contributed by atoms with van der Waals surface area (Å²) in [5.74, 6) is 1.50. The molecular formula is C23H34O3. The highest BCUT2D eigenvalue weighted by molar-refractivity contribution is 5.77. The van der Waals surface area contributed by atoms with Crippen molar-refractivity contribution in [1.29, 1.82) is 0 Å². The number of hydrogen-bond acceptors (Lipinski definition) is 3. The van der Waals surface area contributed by atoms with E-state index in [1.165, 1.54) is 0 Å². The molecule has 0 radical (unpaired) electrons. The van der Waals surface area contributed by atoms with Gasteiger partial charge in [-0.25, -0.2) is 0 Å². The maximum atomic E-state index is 10.6. The Morgan fingerprint density at radius 2 is 1.00 bits per heavy atom. The molecule has 3 heteroatoms. The third-order valence-corrected chi connectivity index (χ3v) is 2.91. The summed E-state index contributed by atoms with van der Waals surface area (Å²) in [7, 11) is 3.25. The van der Waals surface area contributed by atoms with E-state index in [9.17, 15) is 4.79 Å². The first-order chi connectivity index (χ1) is 12.7. The number of benzene rings is 2. The maximum Gasteiger partial charge on any atom is 0.150 e. The van der Waals surface area contributed by atoms with Crippen molar-refractivity contribution in [2.45, 2.75) is 41.5 Å². The lowest BCUT2D eigenvalue weighted by Gasteiger charge is -2.05. The highest BCUT2D eigenvalue weighted by Crippen LogP contribution is 2.23. The molecule has 3 nitrogen and oxygen atoms in total. The average Bonchev–Trinajstić information content (AvgIpc) is 2.76. The summed E-state index contributed by atoms with van der Waals surface area (Å²) in [5, 5.41) is 0. The van der Waals surface area contributed by atoms with E-state index in [2.05, 4.69) is 0 Å². The molecule has 0 amide bonds. The summed E-state index contributed by atoms with van der Waals surface area (Å²) in [6.45, 7) is 12.0. The molecule has 0 spiro atoms. The Hall–Kier alpha value is -2.55. The smallest absolute Gasteiger partial charge is 0.150 e. The Labute approximate surface area is 159 Å². The van der Waals surface area contributed by atoms with Crippen LogP contribution >= 0.6 is 0 Å². The van der Waals surface area contributed by atoms with E-state index in [1.54, 1.807) is 26.4 Å². The molecule has 0 bridgehead atoms. The summed E-state index contributed by atoms with van der Waals surface area (Å²) < 4.78 is 10.5. The molecule has 0 fully saturated rings.